The second-order valence-corrected chi connectivity index (χ2v) is 12.7. The molecule has 1 spiro atoms. The van der Waals surface area contributed by atoms with E-state index in [-0.39, 0.29) is 11.6 Å². The molecular weight excluding hydrogens is 488 g/mol. The van der Waals surface area contributed by atoms with Crippen LogP contribution in [0, 0.1) is 5.41 Å². The molecule has 2 bridgehead atoms. The van der Waals surface area contributed by atoms with Crippen molar-refractivity contribution in [3.05, 3.63) is 125 Å². The van der Waals surface area contributed by atoms with E-state index in [9.17, 15) is 4.79 Å². The first-order valence-electron chi connectivity index (χ1n) is 14.2. The second-order valence-electron chi connectivity index (χ2n) is 12.7. The smallest absolute Gasteiger partial charge is 0.167 e. The molecule has 40 heavy (non-hydrogen) atoms. The SMILES string of the molecule is CC1=C2c3ccccc3-c3ccccc3[C@@]23[C@@](C)(C1=O)[C@]1(C)C(=O)[C@@]3(C)c2c1c1ccccc1c1ccccc21. The zero-order valence-electron chi connectivity index (χ0n) is 23.1. The monoisotopic (exact) mass is 516 g/mol. The minimum absolute atomic E-state index is 0.108. The molecule has 9 rings (SSSR count). The molecule has 0 aliphatic heterocycles. The van der Waals surface area contributed by atoms with E-state index < -0.39 is 21.7 Å². The lowest BCUT2D eigenvalue weighted by molar-refractivity contribution is -0.132. The lowest BCUT2D eigenvalue weighted by atomic mass is 9.42. The maximum Gasteiger partial charge on any atom is 0.167 e. The first kappa shape index (κ1) is 22.5. The van der Waals surface area contributed by atoms with Gasteiger partial charge in [0.25, 0.3) is 0 Å². The Bertz CT molecular complexity index is 2110. The van der Waals surface area contributed by atoms with Crippen molar-refractivity contribution in [2.75, 3.05) is 0 Å². The third-order valence-electron chi connectivity index (χ3n) is 11.7. The Labute approximate surface area is 233 Å². The Hall–Kier alpha value is -4.30. The first-order chi connectivity index (χ1) is 19.3. The van der Waals surface area contributed by atoms with E-state index in [0.29, 0.717) is 0 Å². The second kappa shape index (κ2) is 6.53. The largest absolute Gasteiger partial charge is 0.298 e. The highest BCUT2D eigenvalue weighted by Gasteiger charge is 2.88. The summed E-state index contributed by atoms with van der Waals surface area (Å²) in [6.07, 6.45) is 0. The highest BCUT2D eigenvalue weighted by molar-refractivity contribution is 6.31. The van der Waals surface area contributed by atoms with E-state index in [0.717, 1.165) is 66.1 Å². The number of Topliss-reactive ketones (excluding diaryl/α,β-unsaturated/α-hetero) is 2. The van der Waals surface area contributed by atoms with Gasteiger partial charge in [-0.05, 0) is 93.8 Å². The normalized spacial score (nSPS) is 30.9. The molecule has 192 valence electrons. The highest BCUT2D eigenvalue weighted by atomic mass is 16.1. The average Bonchev–Trinajstić information content (AvgIpc) is 3.36. The molecule has 0 saturated heterocycles. The van der Waals surface area contributed by atoms with Crippen LogP contribution in [0.2, 0.25) is 0 Å². The summed E-state index contributed by atoms with van der Waals surface area (Å²) in [5.41, 5.74) is 4.75. The van der Waals surface area contributed by atoms with Crippen molar-refractivity contribution >= 4 is 38.7 Å². The molecule has 1 saturated carbocycles. The number of fused-ring (bicyclic) bond motifs is 15. The molecule has 0 unspecified atom stereocenters. The molecule has 5 aromatic carbocycles. The Morgan fingerprint density at radius 1 is 0.525 bits per heavy atom. The molecule has 0 amide bonds. The number of hydrogen-bond acceptors (Lipinski definition) is 2. The molecule has 5 aromatic rings. The molecular formula is C38H28O2. The fraction of sp³-hybridized carbons (Fsp3) is 0.211. The van der Waals surface area contributed by atoms with Gasteiger partial charge >= 0.3 is 0 Å². The van der Waals surface area contributed by atoms with Crippen molar-refractivity contribution in [2.24, 2.45) is 5.41 Å². The summed E-state index contributed by atoms with van der Waals surface area (Å²) in [5, 5.41) is 4.52. The van der Waals surface area contributed by atoms with Crippen molar-refractivity contribution in [3.8, 4) is 11.1 Å². The summed E-state index contributed by atoms with van der Waals surface area (Å²) in [5.74, 6) is 0.281. The molecule has 0 aromatic heterocycles. The van der Waals surface area contributed by atoms with Gasteiger partial charge in [-0.1, -0.05) is 97.1 Å². The van der Waals surface area contributed by atoms with Crippen molar-refractivity contribution < 1.29 is 9.59 Å². The maximum absolute atomic E-state index is 15.4. The summed E-state index contributed by atoms with van der Waals surface area (Å²) in [6, 6.07) is 34.0. The van der Waals surface area contributed by atoms with Crippen molar-refractivity contribution in [1.29, 1.82) is 0 Å². The van der Waals surface area contributed by atoms with Crippen LogP contribution in [0.3, 0.4) is 0 Å². The minimum atomic E-state index is -1.000. The van der Waals surface area contributed by atoms with Gasteiger partial charge in [0, 0.05) is 0 Å². The van der Waals surface area contributed by atoms with E-state index in [4.69, 9.17) is 0 Å². The summed E-state index contributed by atoms with van der Waals surface area (Å²) in [6.45, 7) is 8.38. The van der Waals surface area contributed by atoms with Gasteiger partial charge in [-0.3, -0.25) is 9.59 Å². The van der Waals surface area contributed by atoms with Gasteiger partial charge in [-0.2, -0.15) is 0 Å². The summed E-state index contributed by atoms with van der Waals surface area (Å²) >= 11 is 0. The number of ketones is 2. The third-order valence-corrected chi connectivity index (χ3v) is 11.7. The van der Waals surface area contributed by atoms with Crippen LogP contribution in [0.1, 0.15) is 49.9 Å². The van der Waals surface area contributed by atoms with Crippen LogP contribution < -0.4 is 0 Å². The number of carbonyl (C=O) groups is 2. The Balaban J connectivity index is 1.59. The standard InChI is InChI=1S/C38H28O2/c1-21-30-26-17-8-7-15-24(26)25-16-11-12-20-29(25)38(30)36(3)32-28-19-10-6-14-23(28)22-13-5-9-18-27(22)31(32)35(2,34(36)40)37(38,4)33(21)39/h5-20H,1-4H3/t35-,36+,37-,38+/m0/s1. The Kier molecular flexibility index (Phi) is 3.67. The predicted octanol–water partition coefficient (Wildman–Crippen LogP) is 8.09. The van der Waals surface area contributed by atoms with E-state index in [1.165, 1.54) is 0 Å². The van der Waals surface area contributed by atoms with E-state index in [1.807, 2.05) is 6.92 Å². The molecule has 1 fully saturated rings. The van der Waals surface area contributed by atoms with Gasteiger partial charge in [-0.25, -0.2) is 0 Å². The number of allylic oxidation sites excluding steroid dienone is 2. The van der Waals surface area contributed by atoms with Crippen molar-refractivity contribution in [1.82, 2.24) is 0 Å². The summed E-state index contributed by atoms with van der Waals surface area (Å²) in [7, 11) is 0. The molecule has 0 heterocycles. The molecule has 0 radical (unpaired) electrons. The first-order valence-corrected chi connectivity index (χ1v) is 14.2. The third kappa shape index (κ3) is 1.82. The molecule has 2 nitrogen and oxygen atoms in total. The zero-order chi connectivity index (χ0) is 27.4. The predicted molar refractivity (Wildman–Crippen MR) is 160 cm³/mol. The molecule has 4 atom stereocenters. The number of benzene rings is 5. The average molecular weight is 517 g/mol. The quantitative estimate of drug-likeness (QED) is 0.195. The van der Waals surface area contributed by atoms with Crippen LogP contribution in [0.5, 0.6) is 0 Å². The lowest BCUT2D eigenvalue weighted by Crippen LogP contribution is -2.59. The van der Waals surface area contributed by atoms with Gasteiger partial charge in [0.1, 0.15) is 0 Å². The van der Waals surface area contributed by atoms with E-state index in [2.05, 4.69) is 118 Å². The lowest BCUT2D eigenvalue weighted by Gasteiger charge is -2.57. The van der Waals surface area contributed by atoms with Gasteiger partial charge in [0.05, 0.1) is 21.7 Å². The highest BCUT2D eigenvalue weighted by Crippen LogP contribution is 2.83. The van der Waals surface area contributed by atoms with E-state index in [1.54, 1.807) is 0 Å². The van der Waals surface area contributed by atoms with Gasteiger partial charge < -0.3 is 0 Å². The molecule has 4 aliphatic rings. The van der Waals surface area contributed by atoms with Crippen LogP contribution in [-0.4, -0.2) is 11.6 Å². The van der Waals surface area contributed by atoms with Crippen LogP contribution in [0.15, 0.2) is 103 Å². The summed E-state index contributed by atoms with van der Waals surface area (Å²) < 4.78 is 0. The van der Waals surface area contributed by atoms with Crippen LogP contribution >= 0.6 is 0 Å². The Morgan fingerprint density at radius 3 is 1.62 bits per heavy atom. The number of rotatable bonds is 0. The minimum Gasteiger partial charge on any atom is -0.298 e. The van der Waals surface area contributed by atoms with Crippen LogP contribution in [0.25, 0.3) is 38.2 Å². The van der Waals surface area contributed by atoms with Crippen LogP contribution in [-0.2, 0) is 25.8 Å². The van der Waals surface area contributed by atoms with Gasteiger partial charge in [0.2, 0.25) is 0 Å². The van der Waals surface area contributed by atoms with Crippen LogP contribution in [0.4, 0.5) is 0 Å². The fourth-order valence-electron chi connectivity index (χ4n) is 10.3. The molecule has 4 aliphatic carbocycles. The van der Waals surface area contributed by atoms with E-state index >= 15 is 4.79 Å². The summed E-state index contributed by atoms with van der Waals surface area (Å²) in [4.78, 5) is 30.4. The number of carbonyl (C=O) groups excluding carboxylic acids is 2. The molecule has 0 N–H and O–H groups in total. The van der Waals surface area contributed by atoms with Crippen molar-refractivity contribution in [2.45, 2.75) is 43.9 Å². The van der Waals surface area contributed by atoms with Crippen molar-refractivity contribution in [3.63, 3.8) is 0 Å². The zero-order valence-corrected chi connectivity index (χ0v) is 23.1. The topological polar surface area (TPSA) is 34.1 Å². The van der Waals surface area contributed by atoms with Gasteiger partial charge in [0.15, 0.2) is 11.6 Å². The maximum atomic E-state index is 15.4. The van der Waals surface area contributed by atoms with Gasteiger partial charge in [-0.15, -0.1) is 0 Å². The Morgan fingerprint density at radius 2 is 1.00 bits per heavy atom. The molecule has 2 heteroatoms. The fourth-order valence-corrected chi connectivity index (χ4v) is 10.3. The number of hydrogen-bond donors (Lipinski definition) is 0.